The number of aryl methyl sites for hydroxylation is 1. The van der Waals surface area contributed by atoms with Crippen LogP contribution in [0.25, 0.3) is 11.3 Å². The molecule has 0 saturated carbocycles. The maximum absolute atomic E-state index is 12.5. The van der Waals surface area contributed by atoms with Gasteiger partial charge in [-0.2, -0.15) is 0 Å². The average Bonchev–Trinajstić information content (AvgIpc) is 2.94. The topological polar surface area (TPSA) is 51.2 Å². The number of aromatic nitrogens is 1. The van der Waals surface area contributed by atoms with Crippen LogP contribution in [0.5, 0.6) is 5.75 Å². The first kappa shape index (κ1) is 17.7. The number of benzene rings is 2. The van der Waals surface area contributed by atoms with Crippen molar-refractivity contribution in [1.29, 1.82) is 0 Å². The largest absolute Gasteiger partial charge is 0.496 e. The van der Waals surface area contributed by atoms with E-state index < -0.39 is 0 Å². The molecule has 1 heterocycles. The number of para-hydroxylation sites is 1. The Morgan fingerprint density at radius 3 is 2.68 bits per heavy atom. The molecule has 2 aromatic carbocycles. The Morgan fingerprint density at radius 1 is 1.20 bits per heavy atom. The molecule has 0 bridgehead atoms. The molecule has 3 aromatic rings. The molecule has 25 heavy (non-hydrogen) atoms. The normalized spacial score (nSPS) is 10.6. The summed E-state index contributed by atoms with van der Waals surface area (Å²) < 4.78 is 5.22. The monoisotopic (exact) mass is 392 g/mol. The Morgan fingerprint density at radius 2 is 1.96 bits per heavy atom. The summed E-state index contributed by atoms with van der Waals surface area (Å²) in [6, 6.07) is 12.3. The molecule has 0 aliphatic heterocycles. The first-order valence-corrected chi connectivity index (χ1v) is 8.94. The smallest absolute Gasteiger partial charge is 0.261 e. The summed E-state index contributed by atoms with van der Waals surface area (Å²) in [5.41, 5.74) is 1.95. The number of anilines is 1. The molecule has 4 nitrogen and oxygen atoms in total. The minimum absolute atomic E-state index is 0.278. The van der Waals surface area contributed by atoms with Gasteiger partial charge in [0.15, 0.2) is 5.13 Å². The summed E-state index contributed by atoms with van der Waals surface area (Å²) >= 11 is 13.6. The van der Waals surface area contributed by atoms with Crippen molar-refractivity contribution in [2.24, 2.45) is 0 Å². The van der Waals surface area contributed by atoms with Crippen LogP contribution >= 0.6 is 34.5 Å². The molecular weight excluding hydrogens is 379 g/mol. The lowest BCUT2D eigenvalue weighted by Crippen LogP contribution is -2.12. The summed E-state index contributed by atoms with van der Waals surface area (Å²) in [5, 5.41) is 4.39. The molecule has 0 aliphatic carbocycles. The van der Waals surface area contributed by atoms with Gasteiger partial charge in [0.1, 0.15) is 5.75 Å². The van der Waals surface area contributed by atoms with Crippen molar-refractivity contribution in [3.63, 3.8) is 0 Å². The quantitative estimate of drug-likeness (QED) is 0.620. The highest BCUT2D eigenvalue weighted by molar-refractivity contribution is 7.16. The van der Waals surface area contributed by atoms with Crippen molar-refractivity contribution >= 4 is 45.6 Å². The fourth-order valence-electron chi connectivity index (χ4n) is 2.38. The van der Waals surface area contributed by atoms with Gasteiger partial charge in [0.2, 0.25) is 0 Å². The Bertz CT molecular complexity index is 941. The Kier molecular flexibility index (Phi) is 5.27. The fourth-order valence-corrected chi connectivity index (χ4v) is 3.70. The predicted molar refractivity (Wildman–Crippen MR) is 103 cm³/mol. The molecule has 1 amide bonds. The van der Waals surface area contributed by atoms with Gasteiger partial charge in [-0.25, -0.2) is 4.98 Å². The molecule has 0 atom stereocenters. The van der Waals surface area contributed by atoms with Gasteiger partial charge in [0, 0.05) is 15.5 Å². The first-order valence-electron chi connectivity index (χ1n) is 7.37. The van der Waals surface area contributed by atoms with Crippen molar-refractivity contribution in [3.05, 3.63) is 63.0 Å². The zero-order chi connectivity index (χ0) is 18.0. The summed E-state index contributed by atoms with van der Waals surface area (Å²) in [5.74, 6) is 0.231. The van der Waals surface area contributed by atoms with Crippen LogP contribution < -0.4 is 10.1 Å². The lowest BCUT2D eigenvalue weighted by molar-refractivity contribution is 0.102. The zero-order valence-corrected chi connectivity index (χ0v) is 15.8. The van der Waals surface area contributed by atoms with Gasteiger partial charge in [-0.3, -0.25) is 10.1 Å². The Hall–Kier alpha value is -2.08. The number of methoxy groups -OCH3 is 1. The van der Waals surface area contributed by atoms with Crippen LogP contribution in [0, 0.1) is 6.92 Å². The van der Waals surface area contributed by atoms with Gasteiger partial charge in [-0.05, 0) is 37.3 Å². The van der Waals surface area contributed by atoms with Crippen molar-refractivity contribution in [2.75, 3.05) is 12.4 Å². The van der Waals surface area contributed by atoms with E-state index in [4.69, 9.17) is 27.9 Å². The summed E-state index contributed by atoms with van der Waals surface area (Å²) in [6.45, 7) is 1.93. The number of rotatable bonds is 4. The Labute approximate surface area is 159 Å². The molecule has 0 saturated heterocycles. The number of hydrogen-bond donors (Lipinski definition) is 1. The second-order valence-electron chi connectivity index (χ2n) is 5.20. The van der Waals surface area contributed by atoms with Crippen molar-refractivity contribution < 1.29 is 9.53 Å². The van der Waals surface area contributed by atoms with E-state index in [1.54, 1.807) is 30.3 Å². The third-order valence-electron chi connectivity index (χ3n) is 3.55. The number of amides is 1. The number of nitrogens with zero attached hydrogens (tertiary/aromatic N) is 1. The van der Waals surface area contributed by atoms with E-state index in [1.807, 2.05) is 19.1 Å². The Balaban J connectivity index is 1.89. The third kappa shape index (κ3) is 3.79. The van der Waals surface area contributed by atoms with Gasteiger partial charge in [-0.1, -0.05) is 35.3 Å². The van der Waals surface area contributed by atoms with Gasteiger partial charge in [-0.15, -0.1) is 11.3 Å². The van der Waals surface area contributed by atoms with Crippen molar-refractivity contribution in [1.82, 2.24) is 4.98 Å². The van der Waals surface area contributed by atoms with Crippen LogP contribution in [0.1, 0.15) is 15.2 Å². The molecule has 0 fully saturated rings. The minimum Gasteiger partial charge on any atom is -0.496 e. The maximum atomic E-state index is 12.5. The van der Waals surface area contributed by atoms with Crippen LogP contribution in [0.2, 0.25) is 10.0 Å². The third-order valence-corrected chi connectivity index (χ3v) is 4.99. The van der Waals surface area contributed by atoms with Crippen molar-refractivity contribution in [3.8, 4) is 17.0 Å². The minimum atomic E-state index is -0.278. The second-order valence-corrected chi connectivity index (χ2v) is 7.25. The number of ether oxygens (including phenoxy) is 1. The fraction of sp³-hybridized carbons (Fsp3) is 0.111. The lowest BCUT2D eigenvalue weighted by Gasteiger charge is -2.07. The summed E-state index contributed by atoms with van der Waals surface area (Å²) in [6.07, 6.45) is 0. The van der Waals surface area contributed by atoms with E-state index >= 15 is 0 Å². The highest BCUT2D eigenvalue weighted by Gasteiger charge is 2.17. The zero-order valence-electron chi connectivity index (χ0n) is 13.5. The van der Waals surface area contributed by atoms with Gasteiger partial charge in [0.25, 0.3) is 5.91 Å². The molecule has 3 rings (SSSR count). The highest BCUT2D eigenvalue weighted by Crippen LogP contribution is 2.36. The van der Waals surface area contributed by atoms with Crippen LogP contribution in [-0.2, 0) is 0 Å². The van der Waals surface area contributed by atoms with Gasteiger partial charge in [0.05, 0.1) is 23.4 Å². The number of hydrogen-bond acceptors (Lipinski definition) is 4. The number of nitrogens with one attached hydrogen (secondary N) is 1. The molecule has 1 aromatic heterocycles. The highest BCUT2D eigenvalue weighted by atomic mass is 35.5. The summed E-state index contributed by atoms with van der Waals surface area (Å²) in [4.78, 5) is 17.9. The van der Waals surface area contributed by atoms with E-state index in [0.29, 0.717) is 26.5 Å². The molecular formula is C18H14Cl2N2O2S. The predicted octanol–water partition coefficient (Wildman–Crippen LogP) is 5.69. The van der Waals surface area contributed by atoms with Crippen LogP contribution in [0.3, 0.4) is 0 Å². The van der Waals surface area contributed by atoms with E-state index in [0.717, 1.165) is 16.1 Å². The number of thiazole rings is 1. The molecule has 0 unspecified atom stereocenters. The molecule has 0 spiro atoms. The van der Waals surface area contributed by atoms with Crippen LogP contribution in [0.4, 0.5) is 5.13 Å². The number of carbonyl (C=O) groups is 1. The van der Waals surface area contributed by atoms with E-state index in [9.17, 15) is 4.79 Å². The second kappa shape index (κ2) is 7.44. The molecule has 1 N–H and O–H groups in total. The standard InChI is InChI=1S/C18H14Cl2N2O2S/c1-10-16(12-8-7-11(19)9-14(12)20)21-18(25-10)22-17(23)13-5-3-4-6-15(13)24-2/h3-9H,1-2H3,(H,21,22,23). The average molecular weight is 393 g/mol. The van der Waals surface area contributed by atoms with E-state index in [-0.39, 0.29) is 5.91 Å². The van der Waals surface area contributed by atoms with Crippen LogP contribution in [0.15, 0.2) is 42.5 Å². The molecule has 0 aliphatic rings. The number of carbonyl (C=O) groups excluding carboxylic acids is 1. The maximum Gasteiger partial charge on any atom is 0.261 e. The van der Waals surface area contributed by atoms with E-state index in [1.165, 1.54) is 18.4 Å². The van der Waals surface area contributed by atoms with E-state index in [2.05, 4.69) is 10.3 Å². The lowest BCUT2D eigenvalue weighted by atomic mass is 10.1. The molecule has 7 heteroatoms. The summed E-state index contributed by atoms with van der Waals surface area (Å²) in [7, 11) is 1.53. The SMILES string of the molecule is COc1ccccc1C(=O)Nc1nc(-c2ccc(Cl)cc2Cl)c(C)s1. The van der Waals surface area contributed by atoms with Gasteiger partial charge < -0.3 is 4.74 Å². The number of halogens is 2. The molecule has 0 radical (unpaired) electrons. The van der Waals surface area contributed by atoms with Gasteiger partial charge >= 0.3 is 0 Å². The van der Waals surface area contributed by atoms with Crippen molar-refractivity contribution in [2.45, 2.75) is 6.92 Å². The molecule has 128 valence electrons. The van der Waals surface area contributed by atoms with Crippen LogP contribution in [-0.4, -0.2) is 18.0 Å². The first-order chi connectivity index (χ1) is 12.0.